The first-order valence-corrected chi connectivity index (χ1v) is 3.69. The highest BCUT2D eigenvalue weighted by Gasteiger charge is 2.23. The van der Waals surface area contributed by atoms with Crippen molar-refractivity contribution in [3.05, 3.63) is 0 Å². The van der Waals surface area contributed by atoms with Gasteiger partial charge in [-0.15, -0.1) is 0 Å². The van der Waals surface area contributed by atoms with Crippen molar-refractivity contribution in [1.29, 1.82) is 0 Å². The van der Waals surface area contributed by atoms with Crippen LogP contribution in [0.4, 0.5) is 0 Å². The molecule has 1 rings (SSSR count). The molecule has 3 heteroatoms. The van der Waals surface area contributed by atoms with Gasteiger partial charge in [-0.1, -0.05) is 0 Å². The van der Waals surface area contributed by atoms with E-state index in [-0.39, 0.29) is 3.61 Å². The van der Waals surface area contributed by atoms with Gasteiger partial charge in [-0.2, -0.15) is 0 Å². The second kappa shape index (κ2) is 2.49. The quantitative estimate of drug-likeness (QED) is 0.458. The Hall–Kier alpha value is 0.650. The molecular weight excluding hydrogens is 219 g/mol. The fraction of sp³-hybridized carbons (Fsp3) is 1.00. The molecule has 0 aromatic heterocycles. The number of alkyl halides is 1. The van der Waals surface area contributed by atoms with Crippen molar-refractivity contribution in [2.45, 2.75) is 10.5 Å². The lowest BCUT2D eigenvalue weighted by Gasteiger charge is -2.27. The summed E-state index contributed by atoms with van der Waals surface area (Å²) in [7, 11) is 0. The topological polar surface area (TPSA) is 18.5 Å². The standard InChI is InChI=1S/C5H9IO2/c1-5(6)4-7-2-3-8-5/h2-4H2,1H3. The number of ether oxygens (including phenoxy) is 2. The van der Waals surface area contributed by atoms with E-state index in [1.54, 1.807) is 0 Å². The van der Waals surface area contributed by atoms with E-state index in [4.69, 9.17) is 9.47 Å². The maximum atomic E-state index is 5.33. The predicted octanol–water partition coefficient (Wildman–Crippen LogP) is 1.18. The van der Waals surface area contributed by atoms with E-state index < -0.39 is 0 Å². The van der Waals surface area contributed by atoms with Crippen LogP contribution in [0.1, 0.15) is 6.92 Å². The van der Waals surface area contributed by atoms with E-state index in [0.29, 0.717) is 6.61 Å². The molecule has 0 bridgehead atoms. The summed E-state index contributed by atoms with van der Waals surface area (Å²) in [5, 5.41) is 0. The van der Waals surface area contributed by atoms with Gasteiger partial charge in [0.15, 0.2) is 0 Å². The molecule has 1 fully saturated rings. The molecule has 0 radical (unpaired) electrons. The SMILES string of the molecule is CC1(I)COCCO1. The van der Waals surface area contributed by atoms with Crippen molar-refractivity contribution in [1.82, 2.24) is 0 Å². The van der Waals surface area contributed by atoms with E-state index >= 15 is 0 Å². The molecule has 2 nitrogen and oxygen atoms in total. The van der Waals surface area contributed by atoms with E-state index in [0.717, 1.165) is 13.2 Å². The average Bonchev–Trinajstić information content (AvgIpc) is 1.65. The van der Waals surface area contributed by atoms with Crippen LogP contribution in [-0.2, 0) is 9.47 Å². The summed E-state index contributed by atoms with van der Waals surface area (Å²) in [6, 6.07) is 0. The van der Waals surface area contributed by atoms with Crippen LogP contribution in [-0.4, -0.2) is 23.4 Å². The molecule has 48 valence electrons. The van der Waals surface area contributed by atoms with Crippen molar-refractivity contribution >= 4 is 22.6 Å². The number of halogens is 1. The Morgan fingerprint density at radius 1 is 1.50 bits per heavy atom. The van der Waals surface area contributed by atoms with Crippen LogP contribution in [0.2, 0.25) is 0 Å². The zero-order chi connectivity index (χ0) is 6.04. The Bertz CT molecular complexity index is 74.5. The molecule has 1 saturated heterocycles. The molecule has 1 aliphatic heterocycles. The Morgan fingerprint density at radius 2 is 2.25 bits per heavy atom. The first kappa shape index (κ1) is 6.77. The minimum absolute atomic E-state index is 0.0734. The van der Waals surface area contributed by atoms with Gasteiger partial charge in [0.2, 0.25) is 0 Å². The average molecular weight is 228 g/mol. The number of hydrogen-bond acceptors (Lipinski definition) is 2. The zero-order valence-corrected chi connectivity index (χ0v) is 6.97. The molecule has 0 N–H and O–H groups in total. The lowest BCUT2D eigenvalue weighted by atomic mass is 10.4. The highest BCUT2D eigenvalue weighted by atomic mass is 127. The normalized spacial score (nSPS) is 39.8. The summed E-state index contributed by atoms with van der Waals surface area (Å²) in [5.74, 6) is 0. The Morgan fingerprint density at radius 3 is 2.50 bits per heavy atom. The van der Waals surface area contributed by atoms with Gasteiger partial charge in [-0.3, -0.25) is 0 Å². The highest BCUT2D eigenvalue weighted by molar-refractivity contribution is 14.1. The van der Waals surface area contributed by atoms with Gasteiger partial charge < -0.3 is 9.47 Å². The van der Waals surface area contributed by atoms with Crippen LogP contribution >= 0.6 is 22.6 Å². The summed E-state index contributed by atoms with van der Waals surface area (Å²) in [6.07, 6.45) is 0. The maximum absolute atomic E-state index is 5.33. The van der Waals surface area contributed by atoms with Crippen LogP contribution < -0.4 is 0 Å². The van der Waals surface area contributed by atoms with E-state index in [1.807, 2.05) is 6.92 Å². The minimum atomic E-state index is -0.0734. The molecule has 0 amide bonds. The van der Waals surface area contributed by atoms with Crippen LogP contribution in [0.3, 0.4) is 0 Å². The number of rotatable bonds is 0. The van der Waals surface area contributed by atoms with Crippen LogP contribution in [0, 0.1) is 0 Å². The van der Waals surface area contributed by atoms with Gasteiger partial charge in [-0.25, -0.2) is 0 Å². The summed E-state index contributed by atoms with van der Waals surface area (Å²) < 4.78 is 10.4. The minimum Gasteiger partial charge on any atom is -0.375 e. The van der Waals surface area contributed by atoms with Gasteiger partial charge in [0.25, 0.3) is 0 Å². The van der Waals surface area contributed by atoms with E-state index in [9.17, 15) is 0 Å². The molecule has 8 heavy (non-hydrogen) atoms. The van der Waals surface area contributed by atoms with Crippen molar-refractivity contribution in [3.63, 3.8) is 0 Å². The molecule has 1 heterocycles. The van der Waals surface area contributed by atoms with E-state index in [1.165, 1.54) is 0 Å². The molecule has 0 aromatic rings. The van der Waals surface area contributed by atoms with Gasteiger partial charge in [0, 0.05) is 0 Å². The third kappa shape index (κ3) is 1.87. The van der Waals surface area contributed by atoms with Gasteiger partial charge in [0.1, 0.15) is 3.61 Å². The van der Waals surface area contributed by atoms with Crippen molar-refractivity contribution < 1.29 is 9.47 Å². The summed E-state index contributed by atoms with van der Waals surface area (Å²) in [4.78, 5) is 0. The largest absolute Gasteiger partial charge is 0.375 e. The molecule has 1 atom stereocenters. The molecule has 0 spiro atoms. The van der Waals surface area contributed by atoms with Gasteiger partial charge in [-0.05, 0) is 29.5 Å². The molecule has 1 unspecified atom stereocenters. The third-order valence-electron chi connectivity index (χ3n) is 0.991. The van der Waals surface area contributed by atoms with Gasteiger partial charge >= 0.3 is 0 Å². The lowest BCUT2D eigenvalue weighted by molar-refractivity contribution is -0.0892. The van der Waals surface area contributed by atoms with Crippen molar-refractivity contribution in [2.24, 2.45) is 0 Å². The van der Waals surface area contributed by atoms with Crippen LogP contribution in [0.25, 0.3) is 0 Å². The summed E-state index contributed by atoms with van der Waals surface area (Å²) in [5.41, 5.74) is 0. The second-order valence-electron chi connectivity index (χ2n) is 2.00. The first-order chi connectivity index (χ1) is 3.71. The second-order valence-corrected chi connectivity index (χ2v) is 4.28. The molecular formula is C5H9IO2. The maximum Gasteiger partial charge on any atom is 0.139 e. The Kier molecular flexibility index (Phi) is 2.11. The highest BCUT2D eigenvalue weighted by Crippen LogP contribution is 2.22. The van der Waals surface area contributed by atoms with Crippen molar-refractivity contribution in [3.8, 4) is 0 Å². The first-order valence-electron chi connectivity index (χ1n) is 2.61. The van der Waals surface area contributed by atoms with Crippen LogP contribution in [0.5, 0.6) is 0 Å². The molecule has 1 aliphatic rings. The lowest BCUT2D eigenvalue weighted by Crippen LogP contribution is -2.34. The monoisotopic (exact) mass is 228 g/mol. The van der Waals surface area contributed by atoms with Gasteiger partial charge in [0.05, 0.1) is 19.8 Å². The van der Waals surface area contributed by atoms with E-state index in [2.05, 4.69) is 22.6 Å². The van der Waals surface area contributed by atoms with Crippen LogP contribution in [0.15, 0.2) is 0 Å². The fourth-order valence-corrected chi connectivity index (χ4v) is 1.05. The predicted molar refractivity (Wildman–Crippen MR) is 39.2 cm³/mol. The molecule has 0 aromatic carbocycles. The van der Waals surface area contributed by atoms with Crippen molar-refractivity contribution in [2.75, 3.05) is 19.8 Å². The Labute approximate surface area is 62.7 Å². The third-order valence-corrected chi connectivity index (χ3v) is 1.61. The molecule has 0 saturated carbocycles. The molecule has 0 aliphatic carbocycles. The zero-order valence-electron chi connectivity index (χ0n) is 4.82. The summed E-state index contributed by atoms with van der Waals surface area (Å²) in [6.45, 7) is 4.22. The Balaban J connectivity index is 2.33. The summed E-state index contributed by atoms with van der Waals surface area (Å²) >= 11 is 2.24. The fourth-order valence-electron chi connectivity index (χ4n) is 0.610. The smallest absolute Gasteiger partial charge is 0.139 e. The number of hydrogen-bond donors (Lipinski definition) is 0.